The van der Waals surface area contributed by atoms with Crippen molar-refractivity contribution in [1.29, 1.82) is 0 Å². The number of likely N-dealkylation sites (tertiary alicyclic amines) is 1. The largest absolute Gasteiger partial charge is 0.462 e. The minimum absolute atomic E-state index is 0.316. The lowest BCUT2D eigenvalue weighted by atomic mass is 9.54. The summed E-state index contributed by atoms with van der Waals surface area (Å²) in [6.07, 6.45) is 0.708. The maximum atomic E-state index is 14.3. The lowest BCUT2D eigenvalue weighted by Gasteiger charge is -2.54. The topological polar surface area (TPSA) is 92.8 Å². The molecule has 42 heavy (non-hydrogen) atoms. The molecule has 0 saturated carbocycles. The number of esters is 1. The molecule has 216 valence electrons. The van der Waals surface area contributed by atoms with E-state index in [0.29, 0.717) is 46.5 Å². The van der Waals surface area contributed by atoms with Crippen LogP contribution in [0.1, 0.15) is 59.8 Å². The van der Waals surface area contributed by atoms with Crippen LogP contribution in [0.5, 0.6) is 0 Å². The van der Waals surface area contributed by atoms with Crippen molar-refractivity contribution in [2.75, 3.05) is 11.9 Å². The second-order valence-electron chi connectivity index (χ2n) is 11.4. The van der Waals surface area contributed by atoms with E-state index in [0.717, 1.165) is 4.90 Å². The Bertz CT molecular complexity index is 1500. The molecule has 0 unspecified atom stereocenters. The Balaban J connectivity index is 1.36. The van der Waals surface area contributed by atoms with Crippen LogP contribution in [-0.2, 0) is 28.9 Å². The number of imide groups is 1. The molecule has 7 rings (SSSR count). The van der Waals surface area contributed by atoms with Crippen molar-refractivity contribution in [3.05, 3.63) is 101 Å². The monoisotopic (exact) mass is 604 g/mol. The standard InChI is InChI=1S/C33H30Cl2N2O5/c1-4-17-42-31(41)19-13-15-20(16-14-19)36-28(38)27(18(2)3)37-29(39)25-26(30(37)40)33(35)22-10-6-5-9-21(22)32(25,34)23-11-7-8-12-24(23)33/h5-16,18,25-27H,4,17H2,1-3H3,(H,36,38)/t25-,26-,27+,32?,33?/m1/s1. The maximum Gasteiger partial charge on any atom is 0.338 e. The lowest BCUT2D eigenvalue weighted by Crippen LogP contribution is -2.57. The molecule has 1 heterocycles. The van der Waals surface area contributed by atoms with Gasteiger partial charge in [0.05, 0.1) is 24.0 Å². The Hall–Kier alpha value is -3.68. The van der Waals surface area contributed by atoms with Crippen molar-refractivity contribution < 1.29 is 23.9 Å². The molecule has 0 spiro atoms. The number of hydrogen-bond donors (Lipinski definition) is 1. The Morgan fingerprint density at radius 3 is 1.69 bits per heavy atom. The van der Waals surface area contributed by atoms with Crippen LogP contribution < -0.4 is 5.32 Å². The molecule has 3 aromatic carbocycles. The van der Waals surface area contributed by atoms with Crippen molar-refractivity contribution in [3.63, 3.8) is 0 Å². The third-order valence-corrected chi connectivity index (χ3v) is 9.91. The van der Waals surface area contributed by atoms with Gasteiger partial charge in [0.2, 0.25) is 17.7 Å². The lowest BCUT2D eigenvalue weighted by molar-refractivity contribution is -0.148. The minimum Gasteiger partial charge on any atom is -0.462 e. The molecule has 3 aliphatic carbocycles. The van der Waals surface area contributed by atoms with Crippen LogP contribution in [0.3, 0.4) is 0 Å². The highest BCUT2D eigenvalue weighted by atomic mass is 35.5. The summed E-state index contributed by atoms with van der Waals surface area (Å²) in [6.45, 7) is 5.79. The second kappa shape index (κ2) is 10.2. The van der Waals surface area contributed by atoms with Gasteiger partial charge in [-0.3, -0.25) is 19.3 Å². The van der Waals surface area contributed by atoms with Crippen molar-refractivity contribution >= 4 is 52.6 Å². The van der Waals surface area contributed by atoms with Crippen LogP contribution in [0, 0.1) is 17.8 Å². The predicted octanol–water partition coefficient (Wildman–Crippen LogP) is 5.81. The number of rotatable bonds is 7. The Morgan fingerprint density at radius 1 is 0.833 bits per heavy atom. The third-order valence-electron chi connectivity index (χ3n) is 8.62. The van der Waals surface area contributed by atoms with Crippen molar-refractivity contribution in [3.8, 4) is 0 Å². The quantitative estimate of drug-likeness (QED) is 0.209. The first-order valence-electron chi connectivity index (χ1n) is 14.1. The predicted molar refractivity (Wildman–Crippen MR) is 159 cm³/mol. The SMILES string of the molecule is CCCOC(=O)c1ccc(NC(=O)[C@H](C(C)C)N2C(=O)[C@H]3[C@H](C2=O)C2(Cl)c4ccccc4C3(Cl)c3ccccc32)cc1. The van der Waals surface area contributed by atoms with E-state index < -0.39 is 57.2 Å². The minimum atomic E-state index is -1.32. The molecule has 3 atom stereocenters. The number of carbonyl (C=O) groups is 4. The van der Waals surface area contributed by atoms with Gasteiger partial charge in [-0.1, -0.05) is 69.3 Å². The summed E-state index contributed by atoms with van der Waals surface area (Å²) >= 11 is 15.0. The van der Waals surface area contributed by atoms with E-state index in [-0.39, 0.29) is 0 Å². The molecule has 1 N–H and O–H groups in total. The molecule has 3 amide bonds. The van der Waals surface area contributed by atoms with Crippen LogP contribution >= 0.6 is 23.2 Å². The summed E-state index contributed by atoms with van der Waals surface area (Å²) in [4.78, 5) is 53.1. The van der Waals surface area contributed by atoms with Crippen LogP contribution in [-0.4, -0.2) is 41.2 Å². The van der Waals surface area contributed by atoms with Crippen LogP contribution in [0.2, 0.25) is 0 Å². The summed E-state index contributed by atoms with van der Waals surface area (Å²) in [7, 11) is 0. The normalized spacial score (nSPS) is 26.0. The molecule has 1 saturated heterocycles. The van der Waals surface area contributed by atoms with E-state index in [1.807, 2.05) is 55.5 Å². The Morgan fingerprint density at radius 2 is 1.29 bits per heavy atom. The molecular weight excluding hydrogens is 575 g/mol. The number of halogens is 2. The molecule has 0 radical (unpaired) electrons. The van der Waals surface area contributed by atoms with E-state index >= 15 is 0 Å². The van der Waals surface area contributed by atoms with E-state index in [1.54, 1.807) is 38.1 Å². The smallest absolute Gasteiger partial charge is 0.338 e. The van der Waals surface area contributed by atoms with Crippen LogP contribution in [0.25, 0.3) is 0 Å². The molecular formula is C33H30Cl2N2O5. The number of nitrogens with zero attached hydrogens (tertiary/aromatic N) is 1. The fraction of sp³-hybridized carbons (Fsp3) is 0.333. The molecule has 1 fully saturated rings. The number of benzene rings is 3. The van der Waals surface area contributed by atoms with Gasteiger partial charge in [0.15, 0.2) is 0 Å². The maximum absolute atomic E-state index is 14.3. The number of carbonyl (C=O) groups excluding carboxylic acids is 4. The van der Waals surface area contributed by atoms with E-state index in [4.69, 9.17) is 27.9 Å². The van der Waals surface area contributed by atoms with Gasteiger partial charge in [-0.2, -0.15) is 0 Å². The third kappa shape index (κ3) is 3.86. The molecule has 0 aromatic heterocycles. The fourth-order valence-electron chi connectivity index (χ4n) is 6.86. The summed E-state index contributed by atoms with van der Waals surface area (Å²) in [5, 5.41) is 2.82. The first kappa shape index (κ1) is 28.4. The van der Waals surface area contributed by atoms with E-state index in [1.165, 1.54) is 0 Å². The van der Waals surface area contributed by atoms with Gasteiger partial charge in [0.25, 0.3) is 0 Å². The number of ether oxygens (including phenoxy) is 1. The van der Waals surface area contributed by atoms with Gasteiger partial charge in [-0.15, -0.1) is 23.2 Å². The zero-order valence-corrected chi connectivity index (χ0v) is 24.9. The number of nitrogens with one attached hydrogen (secondary N) is 1. The van der Waals surface area contributed by atoms with Crippen molar-refractivity contribution in [1.82, 2.24) is 4.90 Å². The van der Waals surface area contributed by atoms with Gasteiger partial charge >= 0.3 is 5.97 Å². The average molecular weight is 606 g/mol. The zero-order valence-electron chi connectivity index (χ0n) is 23.4. The highest BCUT2D eigenvalue weighted by Gasteiger charge is 2.73. The van der Waals surface area contributed by atoms with Gasteiger partial charge in [0.1, 0.15) is 15.8 Å². The molecule has 2 bridgehead atoms. The van der Waals surface area contributed by atoms with Crippen molar-refractivity contribution in [2.24, 2.45) is 17.8 Å². The van der Waals surface area contributed by atoms with Gasteiger partial charge in [-0.25, -0.2) is 4.79 Å². The van der Waals surface area contributed by atoms with Crippen LogP contribution in [0.15, 0.2) is 72.8 Å². The van der Waals surface area contributed by atoms with Crippen molar-refractivity contribution in [2.45, 2.75) is 43.0 Å². The van der Waals surface area contributed by atoms with Gasteiger partial charge < -0.3 is 10.1 Å². The average Bonchev–Trinajstić information content (AvgIpc) is 3.25. The summed E-state index contributed by atoms with van der Waals surface area (Å²) in [5.74, 6) is -4.41. The number of alkyl halides is 2. The number of amides is 3. The molecule has 1 aliphatic heterocycles. The fourth-order valence-corrected chi connectivity index (χ4v) is 7.96. The first-order chi connectivity index (χ1) is 20.1. The summed E-state index contributed by atoms with van der Waals surface area (Å²) in [5.41, 5.74) is 3.57. The number of anilines is 1. The molecule has 7 nitrogen and oxygen atoms in total. The van der Waals surface area contributed by atoms with Gasteiger partial charge in [0, 0.05) is 5.69 Å². The molecule has 9 heteroatoms. The van der Waals surface area contributed by atoms with E-state index in [2.05, 4.69) is 5.32 Å². The Labute approximate surface area is 254 Å². The zero-order chi connectivity index (χ0) is 30.0. The summed E-state index contributed by atoms with van der Waals surface area (Å²) < 4.78 is 5.16. The second-order valence-corrected chi connectivity index (χ2v) is 12.6. The van der Waals surface area contributed by atoms with Gasteiger partial charge in [-0.05, 0) is 58.9 Å². The number of hydrogen-bond acceptors (Lipinski definition) is 5. The van der Waals surface area contributed by atoms with E-state index in [9.17, 15) is 19.2 Å². The summed E-state index contributed by atoms with van der Waals surface area (Å²) in [6, 6.07) is 20.0. The molecule has 3 aromatic rings. The first-order valence-corrected chi connectivity index (χ1v) is 14.8. The molecule has 4 aliphatic rings. The Kier molecular flexibility index (Phi) is 6.94. The highest BCUT2D eigenvalue weighted by Crippen LogP contribution is 2.69. The van der Waals surface area contributed by atoms with Crippen LogP contribution in [0.4, 0.5) is 5.69 Å². The highest BCUT2D eigenvalue weighted by molar-refractivity contribution is 6.36.